The smallest absolute Gasteiger partial charge is 0.275 e. The zero-order valence-electron chi connectivity index (χ0n) is 9.71. The minimum Gasteiger partial charge on any atom is -0.330 e. The number of nitrogens with zero attached hydrogens (tertiary/aromatic N) is 4. The van der Waals surface area contributed by atoms with Gasteiger partial charge in [-0.25, -0.2) is 4.98 Å². The van der Waals surface area contributed by atoms with E-state index in [0.717, 1.165) is 5.56 Å². The van der Waals surface area contributed by atoms with Crippen molar-refractivity contribution in [2.75, 3.05) is 5.32 Å². The topological polar surface area (TPSA) is 90.8 Å². The number of amides is 1. The van der Waals surface area contributed by atoms with Crippen LogP contribution in [0.3, 0.4) is 0 Å². The number of hydrogen-bond donors (Lipinski definition) is 2. The molecule has 0 aliphatic rings. The third kappa shape index (κ3) is 2.18. The Morgan fingerprint density at radius 2 is 2.29 bits per heavy atom. The average Bonchev–Trinajstić information content (AvgIpc) is 2.84. The highest BCUT2D eigenvalue weighted by atomic mass is 16.2. The van der Waals surface area contributed by atoms with Gasteiger partial charge in [0.2, 0.25) is 0 Å². The van der Waals surface area contributed by atoms with Crippen LogP contribution < -0.4 is 11.1 Å². The molecule has 0 radical (unpaired) electrons. The summed E-state index contributed by atoms with van der Waals surface area (Å²) in [6.07, 6.45) is 4.84. The van der Waals surface area contributed by atoms with Crippen molar-refractivity contribution in [3.63, 3.8) is 0 Å². The third-order valence-corrected chi connectivity index (χ3v) is 2.41. The highest BCUT2D eigenvalue weighted by molar-refractivity contribution is 6.02. The summed E-state index contributed by atoms with van der Waals surface area (Å²) in [6.45, 7) is 0.328. The van der Waals surface area contributed by atoms with E-state index in [9.17, 15) is 4.79 Å². The summed E-state index contributed by atoms with van der Waals surface area (Å²) in [5.41, 5.74) is 6.83. The molecule has 0 aliphatic heterocycles. The first-order valence-electron chi connectivity index (χ1n) is 5.12. The maximum atomic E-state index is 11.9. The summed E-state index contributed by atoms with van der Waals surface area (Å²) in [4.78, 5) is 15.8. The monoisotopic (exact) mass is 234 g/mol. The van der Waals surface area contributed by atoms with Crippen molar-refractivity contribution in [1.29, 1.82) is 0 Å². The fraction of sp³-hybridized carbons (Fsp3) is 0.300. The average molecular weight is 234 g/mol. The van der Waals surface area contributed by atoms with Gasteiger partial charge in [0.1, 0.15) is 5.69 Å². The molecule has 0 aromatic carbocycles. The van der Waals surface area contributed by atoms with E-state index >= 15 is 0 Å². The Hall–Kier alpha value is -2.15. The van der Waals surface area contributed by atoms with Crippen LogP contribution in [0.2, 0.25) is 0 Å². The zero-order chi connectivity index (χ0) is 12.4. The second-order valence-corrected chi connectivity index (χ2v) is 3.72. The molecule has 1 amide bonds. The Morgan fingerprint density at radius 1 is 1.53 bits per heavy atom. The molecule has 2 aromatic rings. The lowest BCUT2D eigenvalue weighted by atomic mass is 10.3. The minimum atomic E-state index is -0.251. The van der Waals surface area contributed by atoms with E-state index in [1.54, 1.807) is 35.9 Å². The number of nitrogens with one attached hydrogen (secondary N) is 1. The molecule has 0 saturated carbocycles. The fourth-order valence-electron chi connectivity index (χ4n) is 1.54. The number of carbonyl (C=O) groups is 1. The Balaban J connectivity index is 2.21. The first kappa shape index (κ1) is 11.3. The van der Waals surface area contributed by atoms with E-state index < -0.39 is 0 Å². The fourth-order valence-corrected chi connectivity index (χ4v) is 1.54. The molecule has 0 spiro atoms. The summed E-state index contributed by atoms with van der Waals surface area (Å²) >= 11 is 0. The van der Waals surface area contributed by atoms with Crippen LogP contribution in [0.1, 0.15) is 16.1 Å². The molecular weight excluding hydrogens is 220 g/mol. The SMILES string of the molecule is Cn1cc(CN)c(NC(=O)c2cncn2C)n1. The molecule has 90 valence electrons. The predicted octanol–water partition coefficient (Wildman–Crippen LogP) is -0.135. The second-order valence-electron chi connectivity index (χ2n) is 3.72. The van der Waals surface area contributed by atoms with Crippen LogP contribution in [-0.4, -0.2) is 25.2 Å². The molecule has 7 heteroatoms. The number of hydrogen-bond acceptors (Lipinski definition) is 4. The van der Waals surface area contributed by atoms with Crippen molar-refractivity contribution < 1.29 is 4.79 Å². The van der Waals surface area contributed by atoms with Gasteiger partial charge in [0.15, 0.2) is 5.82 Å². The Morgan fingerprint density at radius 3 is 2.88 bits per heavy atom. The van der Waals surface area contributed by atoms with E-state index in [4.69, 9.17) is 5.73 Å². The zero-order valence-corrected chi connectivity index (χ0v) is 9.71. The lowest BCUT2D eigenvalue weighted by Gasteiger charge is -2.03. The number of carbonyl (C=O) groups excluding carboxylic acids is 1. The molecule has 2 heterocycles. The largest absolute Gasteiger partial charge is 0.330 e. The van der Waals surface area contributed by atoms with Crippen LogP contribution >= 0.6 is 0 Å². The molecule has 0 saturated heterocycles. The summed E-state index contributed by atoms with van der Waals surface area (Å²) in [5, 5.41) is 6.85. The molecule has 7 nitrogen and oxygen atoms in total. The minimum absolute atomic E-state index is 0.251. The Bertz CT molecular complexity index is 541. The van der Waals surface area contributed by atoms with E-state index in [1.165, 1.54) is 6.20 Å². The standard InChI is InChI=1S/C10H14N6O/c1-15-6-12-4-8(15)10(17)13-9-7(3-11)5-16(2)14-9/h4-6H,3,11H2,1-2H3,(H,13,14,17). The highest BCUT2D eigenvalue weighted by Gasteiger charge is 2.14. The van der Waals surface area contributed by atoms with Gasteiger partial charge in [-0.1, -0.05) is 0 Å². The molecule has 0 fully saturated rings. The van der Waals surface area contributed by atoms with Crippen molar-refractivity contribution in [3.8, 4) is 0 Å². The predicted molar refractivity (Wildman–Crippen MR) is 62.3 cm³/mol. The third-order valence-electron chi connectivity index (χ3n) is 2.41. The Labute approximate surface area is 98.2 Å². The van der Waals surface area contributed by atoms with Gasteiger partial charge < -0.3 is 15.6 Å². The molecule has 3 N–H and O–H groups in total. The maximum Gasteiger partial charge on any atom is 0.275 e. The molecule has 0 aliphatic carbocycles. The maximum absolute atomic E-state index is 11.9. The van der Waals surface area contributed by atoms with Crippen molar-refractivity contribution in [2.24, 2.45) is 19.8 Å². The van der Waals surface area contributed by atoms with Gasteiger partial charge in [0.05, 0.1) is 12.5 Å². The first-order chi connectivity index (χ1) is 8.11. The van der Waals surface area contributed by atoms with Crippen molar-refractivity contribution in [1.82, 2.24) is 19.3 Å². The van der Waals surface area contributed by atoms with Gasteiger partial charge in [-0.05, 0) is 0 Å². The first-order valence-corrected chi connectivity index (χ1v) is 5.12. The van der Waals surface area contributed by atoms with Gasteiger partial charge in [0, 0.05) is 32.4 Å². The number of imidazole rings is 1. The quantitative estimate of drug-likeness (QED) is 0.773. The number of aryl methyl sites for hydroxylation is 2. The number of nitrogens with two attached hydrogens (primary N) is 1. The number of aromatic nitrogens is 4. The van der Waals surface area contributed by atoms with Gasteiger partial charge in [-0.3, -0.25) is 9.48 Å². The van der Waals surface area contributed by atoms with Crippen LogP contribution in [0.15, 0.2) is 18.7 Å². The molecule has 0 atom stereocenters. The van der Waals surface area contributed by atoms with Crippen LogP contribution in [0.4, 0.5) is 5.82 Å². The lowest BCUT2D eigenvalue weighted by molar-refractivity contribution is 0.101. The Kier molecular flexibility index (Phi) is 2.92. The van der Waals surface area contributed by atoms with E-state index in [1.807, 2.05) is 0 Å². The summed E-state index contributed by atoms with van der Waals surface area (Å²) in [6, 6.07) is 0. The van der Waals surface area contributed by atoms with Crippen LogP contribution in [0, 0.1) is 0 Å². The summed E-state index contributed by atoms with van der Waals surface area (Å²) in [7, 11) is 3.53. The van der Waals surface area contributed by atoms with Crippen LogP contribution in [0.5, 0.6) is 0 Å². The second kappa shape index (κ2) is 4.38. The molecule has 2 rings (SSSR count). The molecule has 17 heavy (non-hydrogen) atoms. The van der Waals surface area contributed by atoms with Gasteiger partial charge in [0.25, 0.3) is 5.91 Å². The van der Waals surface area contributed by atoms with Crippen molar-refractivity contribution >= 4 is 11.7 Å². The van der Waals surface area contributed by atoms with Crippen molar-refractivity contribution in [2.45, 2.75) is 6.54 Å². The van der Waals surface area contributed by atoms with Crippen LogP contribution in [0.25, 0.3) is 0 Å². The molecule has 2 aromatic heterocycles. The van der Waals surface area contributed by atoms with Gasteiger partial charge in [-0.2, -0.15) is 5.10 Å². The van der Waals surface area contributed by atoms with E-state index in [2.05, 4.69) is 15.4 Å². The molecular formula is C10H14N6O. The van der Waals surface area contributed by atoms with Crippen molar-refractivity contribution in [3.05, 3.63) is 30.0 Å². The lowest BCUT2D eigenvalue weighted by Crippen LogP contribution is -2.17. The van der Waals surface area contributed by atoms with Gasteiger partial charge in [-0.15, -0.1) is 0 Å². The van der Waals surface area contributed by atoms with Crippen LogP contribution in [-0.2, 0) is 20.6 Å². The van der Waals surface area contributed by atoms with Gasteiger partial charge >= 0.3 is 0 Å². The number of anilines is 1. The normalized spacial score (nSPS) is 10.5. The molecule has 0 bridgehead atoms. The van der Waals surface area contributed by atoms with E-state index in [-0.39, 0.29) is 5.91 Å². The summed E-state index contributed by atoms with van der Waals surface area (Å²) < 4.78 is 3.25. The van der Waals surface area contributed by atoms with E-state index in [0.29, 0.717) is 18.1 Å². The number of rotatable bonds is 3. The summed E-state index contributed by atoms with van der Waals surface area (Å²) in [5.74, 6) is 0.236. The molecule has 0 unspecified atom stereocenters. The highest BCUT2D eigenvalue weighted by Crippen LogP contribution is 2.12.